The van der Waals surface area contributed by atoms with E-state index < -0.39 is 0 Å². The van der Waals surface area contributed by atoms with E-state index in [2.05, 4.69) is 0 Å². The highest BCUT2D eigenvalue weighted by Crippen LogP contribution is 2.08. The Hall–Kier alpha value is -0.940. The second-order valence-corrected chi connectivity index (χ2v) is 4.09. The van der Waals surface area contributed by atoms with Crippen LogP contribution in [0.25, 0.3) is 0 Å². The number of benzene rings is 1. The van der Waals surface area contributed by atoms with Gasteiger partial charge in [0, 0.05) is 0 Å². The zero-order chi connectivity index (χ0) is 11.9. The van der Waals surface area contributed by atoms with Crippen LogP contribution in [0.1, 0.15) is 5.56 Å². The zero-order valence-electron chi connectivity index (χ0n) is 9.75. The van der Waals surface area contributed by atoms with Crippen molar-refractivity contribution in [3.8, 4) is 0 Å². The van der Waals surface area contributed by atoms with Crippen LogP contribution in [0.15, 0.2) is 30.3 Å². The first-order valence-corrected chi connectivity index (χ1v) is 5.84. The van der Waals surface area contributed by atoms with E-state index in [4.69, 9.17) is 19.3 Å². The van der Waals surface area contributed by atoms with E-state index in [1.165, 1.54) is 0 Å². The monoisotopic (exact) mass is 238 g/mol. The molecule has 1 aromatic rings. The molecule has 1 aromatic carbocycles. The Morgan fingerprint density at radius 3 is 2.47 bits per heavy atom. The lowest BCUT2D eigenvalue weighted by molar-refractivity contribution is -0.162. The number of rotatable bonds is 5. The second kappa shape index (κ2) is 6.71. The summed E-state index contributed by atoms with van der Waals surface area (Å²) in [4.78, 5) is 0. The van der Waals surface area contributed by atoms with Crippen LogP contribution in [-0.2, 0) is 20.8 Å². The summed E-state index contributed by atoms with van der Waals surface area (Å²) in [7, 11) is 0. The highest BCUT2D eigenvalue weighted by molar-refractivity contribution is 5.13. The van der Waals surface area contributed by atoms with Crippen molar-refractivity contribution in [2.24, 2.45) is 0 Å². The smallest absolute Gasteiger partial charge is 0.104 e. The maximum absolute atomic E-state index is 8.87. The lowest BCUT2D eigenvalue weighted by atomic mass is 10.2. The van der Waals surface area contributed by atoms with Crippen LogP contribution in [0, 0.1) is 0 Å². The molecule has 17 heavy (non-hydrogen) atoms. The largest absolute Gasteiger partial charge is 0.394 e. The van der Waals surface area contributed by atoms with Gasteiger partial charge in [0.15, 0.2) is 0 Å². The number of aliphatic hydroxyl groups is 1. The highest BCUT2D eigenvalue weighted by atomic mass is 16.6. The molecule has 0 saturated carbocycles. The van der Waals surface area contributed by atoms with Crippen LogP contribution in [0.2, 0.25) is 0 Å². The Morgan fingerprint density at radius 1 is 1.12 bits per heavy atom. The first kappa shape index (κ1) is 12.5. The lowest BCUT2D eigenvalue weighted by Crippen LogP contribution is -2.39. The number of hydrogen-bond acceptors (Lipinski definition) is 4. The summed E-state index contributed by atoms with van der Waals surface area (Å²) < 4.78 is 16.5. The third-order valence-electron chi connectivity index (χ3n) is 2.65. The first-order valence-electron chi connectivity index (χ1n) is 5.84. The minimum Gasteiger partial charge on any atom is -0.394 e. The Labute approximate surface area is 101 Å². The fourth-order valence-electron chi connectivity index (χ4n) is 1.67. The van der Waals surface area contributed by atoms with Crippen molar-refractivity contribution in [3.63, 3.8) is 0 Å². The topological polar surface area (TPSA) is 47.9 Å². The Kier molecular flexibility index (Phi) is 4.94. The fourth-order valence-corrected chi connectivity index (χ4v) is 1.67. The fraction of sp³-hybridized carbons (Fsp3) is 0.538. The van der Waals surface area contributed by atoms with Crippen molar-refractivity contribution in [1.29, 1.82) is 0 Å². The van der Waals surface area contributed by atoms with Crippen molar-refractivity contribution >= 4 is 0 Å². The maximum Gasteiger partial charge on any atom is 0.104 e. The minimum atomic E-state index is -0.180. The average molecular weight is 238 g/mol. The van der Waals surface area contributed by atoms with Crippen LogP contribution in [0.3, 0.4) is 0 Å². The molecule has 2 rings (SSSR count). The van der Waals surface area contributed by atoms with Gasteiger partial charge in [-0.05, 0) is 5.56 Å². The minimum absolute atomic E-state index is 0.0115. The van der Waals surface area contributed by atoms with Gasteiger partial charge >= 0.3 is 0 Å². The van der Waals surface area contributed by atoms with Gasteiger partial charge in [-0.2, -0.15) is 0 Å². The van der Waals surface area contributed by atoms with E-state index in [1.807, 2.05) is 30.3 Å². The quantitative estimate of drug-likeness (QED) is 0.830. The van der Waals surface area contributed by atoms with Crippen LogP contribution >= 0.6 is 0 Å². The second-order valence-electron chi connectivity index (χ2n) is 4.09. The van der Waals surface area contributed by atoms with Crippen LogP contribution in [0.4, 0.5) is 0 Å². The molecule has 0 amide bonds. The van der Waals surface area contributed by atoms with Gasteiger partial charge in [0.2, 0.25) is 0 Å². The molecule has 0 bridgehead atoms. The molecule has 4 heteroatoms. The summed E-state index contributed by atoms with van der Waals surface area (Å²) in [5, 5.41) is 8.87. The summed E-state index contributed by atoms with van der Waals surface area (Å²) >= 11 is 0. The third kappa shape index (κ3) is 4.09. The van der Waals surface area contributed by atoms with E-state index >= 15 is 0 Å². The molecule has 0 aliphatic carbocycles. The van der Waals surface area contributed by atoms with Gasteiger partial charge in [0.1, 0.15) is 12.2 Å². The molecule has 94 valence electrons. The number of aliphatic hydroxyl groups excluding tert-OH is 1. The van der Waals surface area contributed by atoms with Gasteiger partial charge in [-0.1, -0.05) is 30.3 Å². The van der Waals surface area contributed by atoms with Gasteiger partial charge in [-0.3, -0.25) is 0 Å². The number of hydrogen-bond donors (Lipinski definition) is 1. The predicted molar refractivity (Wildman–Crippen MR) is 62.7 cm³/mol. The predicted octanol–water partition coefficient (Wildman–Crippen LogP) is 0.979. The molecule has 1 heterocycles. The van der Waals surface area contributed by atoms with Gasteiger partial charge < -0.3 is 19.3 Å². The Morgan fingerprint density at radius 2 is 1.82 bits per heavy atom. The van der Waals surface area contributed by atoms with Gasteiger partial charge in [0.05, 0.1) is 33.0 Å². The van der Waals surface area contributed by atoms with Crippen LogP contribution in [0.5, 0.6) is 0 Å². The van der Waals surface area contributed by atoms with Crippen molar-refractivity contribution in [1.82, 2.24) is 0 Å². The highest BCUT2D eigenvalue weighted by Gasteiger charge is 2.21. The van der Waals surface area contributed by atoms with Crippen molar-refractivity contribution in [2.75, 3.05) is 26.4 Å². The standard InChI is InChI=1S/C13H18O4/c14-6-12-9-17-13(10-16-12)8-15-7-11-4-2-1-3-5-11/h1-5,12-14H,6-10H2/t12-,13?/m1/s1. The molecule has 1 saturated heterocycles. The SMILES string of the molecule is OC[C@@H]1COC(COCc2ccccc2)CO1. The van der Waals surface area contributed by atoms with E-state index in [-0.39, 0.29) is 18.8 Å². The molecule has 2 atom stereocenters. The van der Waals surface area contributed by atoms with Gasteiger partial charge in [0.25, 0.3) is 0 Å². The first-order chi connectivity index (χ1) is 8.38. The Balaban J connectivity index is 1.63. The summed E-state index contributed by atoms with van der Waals surface area (Å²) in [5.74, 6) is 0. The molecule has 4 nitrogen and oxygen atoms in total. The third-order valence-corrected chi connectivity index (χ3v) is 2.65. The lowest BCUT2D eigenvalue weighted by Gasteiger charge is -2.28. The van der Waals surface area contributed by atoms with E-state index in [9.17, 15) is 0 Å². The van der Waals surface area contributed by atoms with E-state index in [1.54, 1.807) is 0 Å². The van der Waals surface area contributed by atoms with E-state index in [0.29, 0.717) is 26.4 Å². The molecular formula is C13H18O4. The molecule has 1 unspecified atom stereocenters. The summed E-state index contributed by atoms with van der Waals surface area (Å²) in [6.45, 7) is 2.05. The van der Waals surface area contributed by atoms with E-state index in [0.717, 1.165) is 5.56 Å². The molecule has 0 aromatic heterocycles. The summed E-state index contributed by atoms with van der Waals surface area (Å²) in [6, 6.07) is 10.0. The van der Waals surface area contributed by atoms with Crippen molar-refractivity contribution < 1.29 is 19.3 Å². The normalized spacial score (nSPS) is 24.8. The van der Waals surface area contributed by atoms with Crippen molar-refractivity contribution in [3.05, 3.63) is 35.9 Å². The molecular weight excluding hydrogens is 220 g/mol. The molecule has 1 aliphatic heterocycles. The Bertz CT molecular complexity index is 306. The number of ether oxygens (including phenoxy) is 3. The van der Waals surface area contributed by atoms with Crippen LogP contribution < -0.4 is 0 Å². The van der Waals surface area contributed by atoms with Crippen LogP contribution in [-0.4, -0.2) is 43.7 Å². The van der Waals surface area contributed by atoms with Crippen molar-refractivity contribution in [2.45, 2.75) is 18.8 Å². The average Bonchev–Trinajstić information content (AvgIpc) is 2.41. The molecule has 1 N–H and O–H groups in total. The molecule has 1 aliphatic rings. The molecule has 1 fully saturated rings. The summed E-state index contributed by atoms with van der Waals surface area (Å²) in [6.07, 6.45) is -0.207. The molecule has 0 radical (unpaired) electrons. The maximum atomic E-state index is 8.87. The molecule has 0 spiro atoms. The summed E-state index contributed by atoms with van der Waals surface area (Å²) in [5.41, 5.74) is 1.15. The van der Waals surface area contributed by atoms with Gasteiger partial charge in [-0.25, -0.2) is 0 Å². The van der Waals surface area contributed by atoms with Gasteiger partial charge in [-0.15, -0.1) is 0 Å². The zero-order valence-corrected chi connectivity index (χ0v) is 9.75.